The Morgan fingerprint density at radius 1 is 0.847 bits per heavy atom. The Morgan fingerprint density at radius 3 is 2.05 bits per heavy atom. The molecule has 3 aromatic carbocycles. The van der Waals surface area contributed by atoms with E-state index in [2.05, 4.69) is 15.4 Å². The van der Waals surface area contributed by atoms with E-state index < -0.39 is 59.2 Å². The van der Waals surface area contributed by atoms with Gasteiger partial charge in [-0.15, -0.1) is 0 Å². The van der Waals surface area contributed by atoms with Crippen molar-refractivity contribution in [2.75, 3.05) is 10.2 Å². The number of halogens is 3. The topological polar surface area (TPSA) is 169 Å². The van der Waals surface area contributed by atoms with Crippen LogP contribution in [0.5, 0.6) is 0 Å². The number of hydrogen-bond acceptors (Lipinski definition) is 9. The number of ether oxygens (including phenoxy) is 2. The molecule has 6 rings (SSSR count). The molecule has 2 heterocycles. The van der Waals surface area contributed by atoms with Crippen LogP contribution in [0.15, 0.2) is 66.9 Å². The summed E-state index contributed by atoms with van der Waals surface area (Å²) in [6.07, 6.45) is -5.08. The van der Waals surface area contributed by atoms with Gasteiger partial charge in [-0.2, -0.15) is 18.3 Å². The Balaban J connectivity index is 1.24. The molecule has 0 bridgehead atoms. The number of hydrogen-bond donors (Lipinski definition) is 2. The molecule has 1 aliphatic rings. The molecular formula is C42H46F3N7O7. The fourth-order valence-corrected chi connectivity index (χ4v) is 7.17. The lowest BCUT2D eigenvalue weighted by atomic mass is 9.89. The maximum absolute atomic E-state index is 13.3. The van der Waals surface area contributed by atoms with Gasteiger partial charge in [-0.05, 0) is 90.3 Å². The van der Waals surface area contributed by atoms with Gasteiger partial charge in [0, 0.05) is 47.7 Å². The van der Waals surface area contributed by atoms with Crippen molar-refractivity contribution in [3.63, 3.8) is 0 Å². The van der Waals surface area contributed by atoms with Crippen LogP contribution in [-0.4, -0.2) is 77.2 Å². The zero-order valence-electron chi connectivity index (χ0n) is 33.8. The Labute approximate surface area is 338 Å². The monoisotopic (exact) mass is 817 g/mol. The van der Waals surface area contributed by atoms with Gasteiger partial charge in [0.05, 0.1) is 23.2 Å². The molecule has 0 aliphatic heterocycles. The molecule has 0 spiro atoms. The predicted molar refractivity (Wildman–Crippen MR) is 214 cm³/mol. The molecular weight excluding hydrogens is 771 g/mol. The van der Waals surface area contributed by atoms with E-state index in [1.165, 1.54) is 18.3 Å². The quantitative estimate of drug-likeness (QED) is 0.151. The van der Waals surface area contributed by atoms with Crippen LogP contribution in [0.25, 0.3) is 32.9 Å². The van der Waals surface area contributed by atoms with Gasteiger partial charge in [0.25, 0.3) is 0 Å². The van der Waals surface area contributed by atoms with Crippen LogP contribution in [0, 0.1) is 0 Å². The van der Waals surface area contributed by atoms with Gasteiger partial charge in [-0.3, -0.25) is 9.48 Å². The highest BCUT2D eigenvalue weighted by Gasteiger charge is 2.41. The second-order valence-electron chi connectivity index (χ2n) is 16.5. The highest BCUT2D eigenvalue weighted by Crippen LogP contribution is 2.37. The maximum Gasteiger partial charge on any atom is 0.420 e. The van der Waals surface area contributed by atoms with Crippen LogP contribution >= 0.6 is 0 Å². The number of carbonyl (C=O) groups excluding carboxylic acids is 3. The van der Waals surface area contributed by atoms with Gasteiger partial charge in [-0.25, -0.2) is 34.2 Å². The lowest BCUT2D eigenvalue weighted by molar-refractivity contribution is -0.137. The van der Waals surface area contributed by atoms with Crippen molar-refractivity contribution in [3.8, 4) is 11.3 Å². The highest BCUT2D eigenvalue weighted by molar-refractivity contribution is 6.12. The Hall–Kier alpha value is -6.26. The number of carboxylic acid groups (broad SMARTS) is 1. The van der Waals surface area contributed by atoms with Gasteiger partial charge >= 0.3 is 24.5 Å². The van der Waals surface area contributed by atoms with E-state index in [1.54, 1.807) is 59.3 Å². The van der Waals surface area contributed by atoms with Crippen molar-refractivity contribution in [3.05, 3.63) is 78.0 Å². The first-order chi connectivity index (χ1) is 27.6. The van der Waals surface area contributed by atoms with Crippen LogP contribution in [0.4, 0.5) is 39.3 Å². The van der Waals surface area contributed by atoms with E-state index in [-0.39, 0.29) is 36.6 Å². The third-order valence-electron chi connectivity index (χ3n) is 9.62. The molecule has 17 heteroatoms. The molecule has 0 unspecified atom stereocenters. The summed E-state index contributed by atoms with van der Waals surface area (Å²) >= 11 is 0. The molecule has 0 atom stereocenters. The molecule has 5 aromatic rings. The van der Waals surface area contributed by atoms with E-state index in [9.17, 15) is 37.5 Å². The SMILES string of the molecule is Cn1nc(NC(=O)Cc2cccc(C(F)(F)F)c2)cc1-c1cc2cnc(N(C(=O)O)[C@H]3CC[C@H](N(C(=O)OC(C)(C)C)C(=O)OC(C)(C)C)CC3)nc2c2ccccc12. The summed E-state index contributed by atoms with van der Waals surface area (Å²) in [6, 6.07) is 14.3. The normalized spacial score (nSPS) is 16.1. The second-order valence-corrected chi connectivity index (χ2v) is 16.5. The molecule has 1 fully saturated rings. The summed E-state index contributed by atoms with van der Waals surface area (Å²) < 4.78 is 52.3. The number of amides is 4. The third kappa shape index (κ3) is 9.89. The number of nitrogens with zero attached hydrogens (tertiary/aromatic N) is 6. The van der Waals surface area contributed by atoms with Gasteiger partial charge < -0.3 is 19.9 Å². The standard InChI is InChI=1S/C42H46F3N7O7/c1-40(2,3)58-38(56)52(39(57)59-41(4,5)6)28-17-15-27(16-18-28)51(37(54)55)36-46-23-25-21-31(29-13-8-9-14-30(29)35(25)48-36)32-22-33(49-50(32)7)47-34(53)20-24-11-10-12-26(19-24)42(43,44)45/h8-14,19,21-23,27-28H,15-18,20H2,1-7H3,(H,54,55)(H,47,49,53)/t27-,28-. The van der Waals surface area contributed by atoms with E-state index in [0.717, 1.165) is 27.3 Å². The summed E-state index contributed by atoms with van der Waals surface area (Å²) in [4.78, 5) is 63.7. The lowest BCUT2D eigenvalue weighted by Gasteiger charge is -2.38. The minimum absolute atomic E-state index is 0.0335. The molecule has 2 aromatic heterocycles. The number of nitrogens with one attached hydrogen (secondary N) is 1. The zero-order chi connectivity index (χ0) is 43.0. The fraction of sp³-hybridized carbons (Fsp3) is 0.405. The number of rotatable bonds is 7. The Kier molecular flexibility index (Phi) is 11.6. The highest BCUT2D eigenvalue weighted by atomic mass is 19.4. The first-order valence-electron chi connectivity index (χ1n) is 19.0. The summed E-state index contributed by atoms with van der Waals surface area (Å²) in [5, 5.41) is 19.6. The smallest absolute Gasteiger partial charge is 0.420 e. The summed E-state index contributed by atoms with van der Waals surface area (Å²) in [6.45, 7) is 10.2. The van der Waals surface area contributed by atoms with Gasteiger partial charge in [0.1, 0.15) is 11.2 Å². The van der Waals surface area contributed by atoms with E-state index in [4.69, 9.17) is 14.5 Å². The first-order valence-corrected chi connectivity index (χ1v) is 19.0. The third-order valence-corrected chi connectivity index (χ3v) is 9.62. The molecule has 59 heavy (non-hydrogen) atoms. The van der Waals surface area contributed by atoms with E-state index in [0.29, 0.717) is 40.4 Å². The maximum atomic E-state index is 13.3. The molecule has 0 radical (unpaired) electrons. The number of fused-ring (bicyclic) bond motifs is 3. The van der Waals surface area contributed by atoms with Crippen LogP contribution in [0.3, 0.4) is 0 Å². The van der Waals surface area contributed by atoms with Gasteiger partial charge in [0.2, 0.25) is 11.9 Å². The van der Waals surface area contributed by atoms with E-state index in [1.807, 2.05) is 30.3 Å². The number of alkyl halides is 3. The van der Waals surface area contributed by atoms with Crippen molar-refractivity contribution < 1.29 is 46.9 Å². The van der Waals surface area contributed by atoms with Crippen LogP contribution < -0.4 is 10.2 Å². The number of aromatic nitrogens is 4. The molecule has 1 saturated carbocycles. The average molecular weight is 818 g/mol. The first kappa shape index (κ1) is 42.3. The van der Waals surface area contributed by atoms with Crippen molar-refractivity contribution in [2.45, 2.75) is 103 Å². The average Bonchev–Trinajstić information content (AvgIpc) is 3.49. The van der Waals surface area contributed by atoms with Crippen molar-refractivity contribution in [2.24, 2.45) is 7.05 Å². The van der Waals surface area contributed by atoms with Gasteiger partial charge in [-0.1, -0.05) is 42.5 Å². The van der Waals surface area contributed by atoms with Gasteiger partial charge in [0.15, 0.2) is 5.82 Å². The molecule has 14 nitrogen and oxygen atoms in total. The molecule has 312 valence electrons. The lowest BCUT2D eigenvalue weighted by Crippen LogP contribution is -2.52. The minimum Gasteiger partial charge on any atom is -0.465 e. The van der Waals surface area contributed by atoms with Crippen molar-refractivity contribution in [1.82, 2.24) is 24.6 Å². The number of aryl methyl sites for hydroxylation is 1. The van der Waals surface area contributed by atoms with Crippen LogP contribution in [0.2, 0.25) is 0 Å². The number of imide groups is 1. The molecule has 4 amide bonds. The van der Waals surface area contributed by atoms with Crippen LogP contribution in [-0.2, 0) is 33.9 Å². The fourth-order valence-electron chi connectivity index (χ4n) is 7.17. The predicted octanol–water partition coefficient (Wildman–Crippen LogP) is 9.35. The number of carbonyl (C=O) groups is 4. The number of anilines is 2. The second kappa shape index (κ2) is 16.2. The summed E-state index contributed by atoms with van der Waals surface area (Å²) in [7, 11) is 1.69. The van der Waals surface area contributed by atoms with Crippen LogP contribution in [0.1, 0.15) is 78.4 Å². The summed E-state index contributed by atoms with van der Waals surface area (Å²) in [5.41, 5.74) is -0.565. The Bertz CT molecular complexity index is 2380. The Morgan fingerprint density at radius 2 is 1.46 bits per heavy atom. The summed E-state index contributed by atoms with van der Waals surface area (Å²) in [5.74, 6) is -0.380. The zero-order valence-corrected chi connectivity index (χ0v) is 33.8. The van der Waals surface area contributed by atoms with Crippen molar-refractivity contribution >= 4 is 57.6 Å². The number of benzene rings is 3. The minimum atomic E-state index is -4.53. The molecule has 0 saturated heterocycles. The largest absolute Gasteiger partial charge is 0.465 e. The molecule has 1 aliphatic carbocycles. The van der Waals surface area contributed by atoms with E-state index >= 15 is 0 Å². The molecule has 2 N–H and O–H groups in total. The van der Waals surface area contributed by atoms with Crippen molar-refractivity contribution in [1.29, 1.82) is 0 Å².